The van der Waals surface area contributed by atoms with E-state index in [1.807, 2.05) is 27.7 Å². The Morgan fingerprint density at radius 2 is 1.46 bits per heavy atom. The highest BCUT2D eigenvalue weighted by molar-refractivity contribution is 7.97. The molecule has 1 aromatic rings. The largest absolute Gasteiger partial charge is 0.282 e. The average Bonchev–Trinajstić information content (AvgIpc) is 2.01. The van der Waals surface area contributed by atoms with Gasteiger partial charge in [0.2, 0.25) is 5.12 Å². The van der Waals surface area contributed by atoms with Crippen molar-refractivity contribution < 1.29 is 4.79 Å². The molecule has 0 saturated carbocycles. The van der Waals surface area contributed by atoms with Gasteiger partial charge in [0.1, 0.15) is 0 Å². The molecule has 0 unspecified atom stereocenters. The summed E-state index contributed by atoms with van der Waals surface area (Å²) in [4.78, 5) is 11.3. The molecule has 0 aliphatic rings. The van der Waals surface area contributed by atoms with Crippen LogP contribution in [0.15, 0.2) is 6.07 Å². The predicted molar refractivity (Wildman–Crippen MR) is 58.7 cm³/mol. The average molecular weight is 194 g/mol. The van der Waals surface area contributed by atoms with Crippen LogP contribution in [-0.4, -0.2) is 5.12 Å². The molecule has 0 bridgehead atoms. The van der Waals surface area contributed by atoms with Gasteiger partial charge in [0.15, 0.2) is 0 Å². The zero-order valence-electron chi connectivity index (χ0n) is 8.43. The summed E-state index contributed by atoms with van der Waals surface area (Å²) in [5.41, 5.74) is 5.16. The third-order valence-electron chi connectivity index (χ3n) is 2.58. The molecular weight excluding hydrogens is 180 g/mol. The molecule has 0 atom stereocenters. The third kappa shape index (κ3) is 1.78. The van der Waals surface area contributed by atoms with Crippen LogP contribution in [0.5, 0.6) is 0 Å². The molecule has 0 amide bonds. The molecule has 0 spiro atoms. The van der Waals surface area contributed by atoms with Gasteiger partial charge in [-0.1, -0.05) is 6.07 Å². The van der Waals surface area contributed by atoms with Gasteiger partial charge in [-0.15, -0.1) is 12.6 Å². The van der Waals surface area contributed by atoms with E-state index in [-0.39, 0.29) is 5.12 Å². The lowest BCUT2D eigenvalue weighted by Crippen LogP contribution is -2.02. The topological polar surface area (TPSA) is 17.1 Å². The molecule has 0 aliphatic heterocycles. The Bertz CT molecular complexity index is 341. The highest BCUT2D eigenvalue weighted by Crippen LogP contribution is 2.22. The van der Waals surface area contributed by atoms with Gasteiger partial charge in [-0.25, -0.2) is 0 Å². The SMILES string of the molecule is Cc1cc(C)c(C)c(C(=O)S)c1C. The molecular formula is C11H14OS. The first kappa shape index (κ1) is 10.3. The van der Waals surface area contributed by atoms with Crippen molar-refractivity contribution in [3.05, 3.63) is 33.9 Å². The van der Waals surface area contributed by atoms with Crippen LogP contribution < -0.4 is 0 Å². The summed E-state index contributed by atoms with van der Waals surface area (Å²) in [7, 11) is 0. The molecule has 1 aromatic carbocycles. The maximum atomic E-state index is 11.3. The molecule has 1 nitrogen and oxygen atoms in total. The van der Waals surface area contributed by atoms with Crippen LogP contribution in [0.1, 0.15) is 32.6 Å². The summed E-state index contributed by atoms with van der Waals surface area (Å²) in [6.07, 6.45) is 0. The van der Waals surface area contributed by atoms with Crippen molar-refractivity contribution >= 4 is 17.7 Å². The Labute approximate surface area is 84.6 Å². The van der Waals surface area contributed by atoms with Gasteiger partial charge >= 0.3 is 0 Å². The zero-order chi connectivity index (χ0) is 10.2. The molecule has 0 aromatic heterocycles. The maximum absolute atomic E-state index is 11.3. The Morgan fingerprint density at radius 1 is 1.08 bits per heavy atom. The number of carbonyl (C=O) groups is 1. The van der Waals surface area contributed by atoms with Crippen LogP contribution >= 0.6 is 12.6 Å². The summed E-state index contributed by atoms with van der Waals surface area (Å²) in [6.45, 7) is 7.96. The van der Waals surface area contributed by atoms with Crippen LogP contribution in [0.25, 0.3) is 0 Å². The number of hydrogen-bond donors (Lipinski definition) is 1. The second-order valence-electron chi connectivity index (χ2n) is 3.44. The minimum absolute atomic E-state index is 0.137. The lowest BCUT2D eigenvalue weighted by Gasteiger charge is -2.11. The fourth-order valence-corrected chi connectivity index (χ4v) is 1.87. The molecule has 0 N–H and O–H groups in total. The molecule has 0 heterocycles. The number of benzene rings is 1. The fourth-order valence-electron chi connectivity index (χ4n) is 1.54. The molecule has 2 heteroatoms. The van der Waals surface area contributed by atoms with Crippen molar-refractivity contribution in [2.75, 3.05) is 0 Å². The van der Waals surface area contributed by atoms with E-state index in [4.69, 9.17) is 0 Å². The lowest BCUT2D eigenvalue weighted by atomic mass is 9.95. The second-order valence-corrected chi connectivity index (χ2v) is 3.85. The summed E-state index contributed by atoms with van der Waals surface area (Å²) >= 11 is 3.88. The van der Waals surface area contributed by atoms with Crippen molar-refractivity contribution in [1.82, 2.24) is 0 Å². The molecule has 13 heavy (non-hydrogen) atoms. The van der Waals surface area contributed by atoms with E-state index < -0.39 is 0 Å². The first-order valence-electron chi connectivity index (χ1n) is 4.26. The highest BCUT2D eigenvalue weighted by Gasteiger charge is 2.12. The molecule has 0 radical (unpaired) electrons. The van der Waals surface area contributed by atoms with Crippen molar-refractivity contribution in [1.29, 1.82) is 0 Å². The molecule has 1 rings (SSSR count). The van der Waals surface area contributed by atoms with Gasteiger partial charge in [-0.05, 0) is 49.9 Å². The minimum atomic E-state index is -0.137. The van der Waals surface area contributed by atoms with Crippen LogP contribution in [0.4, 0.5) is 0 Å². The Kier molecular flexibility index (Phi) is 2.81. The first-order valence-corrected chi connectivity index (χ1v) is 4.70. The van der Waals surface area contributed by atoms with Crippen LogP contribution in [-0.2, 0) is 0 Å². The van der Waals surface area contributed by atoms with E-state index in [2.05, 4.69) is 18.7 Å². The van der Waals surface area contributed by atoms with Gasteiger partial charge < -0.3 is 0 Å². The quantitative estimate of drug-likeness (QED) is 0.680. The fraction of sp³-hybridized carbons (Fsp3) is 0.364. The van der Waals surface area contributed by atoms with Crippen molar-refractivity contribution in [2.45, 2.75) is 27.7 Å². The van der Waals surface area contributed by atoms with E-state index in [0.29, 0.717) is 0 Å². The Hall–Kier alpha value is -0.760. The normalized spacial score (nSPS) is 10.2. The highest BCUT2D eigenvalue weighted by atomic mass is 32.1. The predicted octanol–water partition coefficient (Wildman–Crippen LogP) is 2.99. The number of hydrogen-bond acceptors (Lipinski definition) is 1. The van der Waals surface area contributed by atoms with E-state index in [1.165, 1.54) is 0 Å². The van der Waals surface area contributed by atoms with E-state index >= 15 is 0 Å². The van der Waals surface area contributed by atoms with Crippen LogP contribution in [0.3, 0.4) is 0 Å². The second kappa shape index (κ2) is 3.54. The molecule has 0 fully saturated rings. The number of thiol groups is 1. The van der Waals surface area contributed by atoms with Gasteiger partial charge in [0, 0.05) is 5.56 Å². The van der Waals surface area contributed by atoms with Gasteiger partial charge in [0.05, 0.1) is 0 Å². The van der Waals surface area contributed by atoms with Crippen LogP contribution in [0.2, 0.25) is 0 Å². The van der Waals surface area contributed by atoms with Gasteiger partial charge in [-0.2, -0.15) is 0 Å². The summed E-state index contributed by atoms with van der Waals surface area (Å²) in [5.74, 6) is 0. The molecule has 70 valence electrons. The minimum Gasteiger partial charge on any atom is -0.282 e. The third-order valence-corrected chi connectivity index (χ3v) is 2.80. The lowest BCUT2D eigenvalue weighted by molar-refractivity contribution is 0.109. The standard InChI is InChI=1S/C11H14OS/c1-6-5-7(2)9(4)10(8(6)3)11(12)13/h5H,1-4H3,(H,12,13). The molecule has 0 saturated heterocycles. The van der Waals surface area contributed by atoms with Crippen LogP contribution in [0, 0.1) is 27.7 Å². The summed E-state index contributed by atoms with van der Waals surface area (Å²) < 4.78 is 0. The summed E-state index contributed by atoms with van der Waals surface area (Å²) in [5, 5.41) is -0.137. The Morgan fingerprint density at radius 3 is 1.77 bits per heavy atom. The van der Waals surface area contributed by atoms with Crippen molar-refractivity contribution in [2.24, 2.45) is 0 Å². The smallest absolute Gasteiger partial charge is 0.216 e. The van der Waals surface area contributed by atoms with E-state index in [0.717, 1.165) is 27.8 Å². The van der Waals surface area contributed by atoms with E-state index in [1.54, 1.807) is 0 Å². The first-order chi connectivity index (χ1) is 5.95. The number of rotatable bonds is 1. The maximum Gasteiger partial charge on any atom is 0.216 e. The van der Waals surface area contributed by atoms with Crippen molar-refractivity contribution in [3.63, 3.8) is 0 Å². The van der Waals surface area contributed by atoms with Gasteiger partial charge in [-0.3, -0.25) is 4.79 Å². The number of aryl methyl sites for hydroxylation is 2. The Balaban J connectivity index is 3.56. The monoisotopic (exact) mass is 194 g/mol. The summed E-state index contributed by atoms with van der Waals surface area (Å²) in [6, 6.07) is 2.10. The number of carbonyl (C=O) groups excluding carboxylic acids is 1. The van der Waals surface area contributed by atoms with Gasteiger partial charge in [0.25, 0.3) is 0 Å². The van der Waals surface area contributed by atoms with E-state index in [9.17, 15) is 4.79 Å². The van der Waals surface area contributed by atoms with Crippen molar-refractivity contribution in [3.8, 4) is 0 Å². The molecule has 0 aliphatic carbocycles. The zero-order valence-corrected chi connectivity index (χ0v) is 9.33.